The van der Waals surface area contributed by atoms with Crippen molar-refractivity contribution in [1.29, 1.82) is 0 Å². The zero-order valence-corrected chi connectivity index (χ0v) is 7.26. The summed E-state index contributed by atoms with van der Waals surface area (Å²) in [4.78, 5) is 12.3. The molecule has 0 atom stereocenters. The van der Waals surface area contributed by atoms with E-state index in [1.165, 1.54) is 6.08 Å². The van der Waals surface area contributed by atoms with Crippen molar-refractivity contribution < 1.29 is 9.22 Å². The average Bonchev–Trinajstić information content (AvgIpc) is 1.98. The number of nitrogens with zero attached hydrogens (tertiary/aromatic N) is 1. The van der Waals surface area contributed by atoms with Gasteiger partial charge in [0.25, 0.3) is 9.76 Å². The van der Waals surface area contributed by atoms with E-state index in [1.807, 2.05) is 0 Å². The Morgan fingerprint density at radius 1 is 1.90 bits per heavy atom. The van der Waals surface area contributed by atoms with E-state index in [0.717, 1.165) is 0 Å². The summed E-state index contributed by atoms with van der Waals surface area (Å²) in [5.41, 5.74) is 0. The van der Waals surface area contributed by atoms with Crippen LogP contribution in [0.25, 0.3) is 0 Å². The van der Waals surface area contributed by atoms with Crippen molar-refractivity contribution in [1.82, 2.24) is 4.90 Å². The molecule has 0 aromatic rings. The van der Waals surface area contributed by atoms with E-state index in [1.54, 1.807) is 19.1 Å². The summed E-state index contributed by atoms with van der Waals surface area (Å²) < 4.78 is 4.81. The van der Waals surface area contributed by atoms with E-state index in [-0.39, 0.29) is 5.91 Å². The predicted octanol–water partition coefficient (Wildman–Crippen LogP) is -0.146. The van der Waals surface area contributed by atoms with Gasteiger partial charge < -0.3 is 9.33 Å². The van der Waals surface area contributed by atoms with Crippen molar-refractivity contribution in [3.63, 3.8) is 0 Å². The van der Waals surface area contributed by atoms with Crippen LogP contribution in [0.1, 0.15) is 0 Å². The maximum atomic E-state index is 10.8. The summed E-state index contributed by atoms with van der Waals surface area (Å²) in [5.74, 6) is -0.0652. The maximum Gasteiger partial charge on any atom is 0.250 e. The van der Waals surface area contributed by atoms with E-state index in [0.29, 0.717) is 15.9 Å². The fraction of sp³-hybridized carbons (Fsp3) is 0.500. The standard InChI is InChI=1S/C6H11NO2Si/c1-4-6(8)7(2)5-10-9-3/h4H,1,5H2,2-3H3. The lowest BCUT2D eigenvalue weighted by molar-refractivity contribution is -0.124. The van der Waals surface area contributed by atoms with Gasteiger partial charge in [-0.05, 0) is 6.08 Å². The van der Waals surface area contributed by atoms with Gasteiger partial charge >= 0.3 is 0 Å². The maximum absolute atomic E-state index is 10.8. The number of amides is 1. The molecule has 0 rings (SSSR count). The molecule has 0 aromatic heterocycles. The predicted molar refractivity (Wildman–Crippen MR) is 40.6 cm³/mol. The highest BCUT2D eigenvalue weighted by molar-refractivity contribution is 6.27. The largest absolute Gasteiger partial charge is 0.419 e. The van der Waals surface area contributed by atoms with Crippen molar-refractivity contribution in [2.75, 3.05) is 20.3 Å². The minimum Gasteiger partial charge on any atom is -0.419 e. The van der Waals surface area contributed by atoms with Crippen LogP contribution in [0, 0.1) is 0 Å². The topological polar surface area (TPSA) is 29.5 Å². The Balaban J connectivity index is 3.51. The average molecular weight is 157 g/mol. The van der Waals surface area contributed by atoms with E-state index in [2.05, 4.69) is 6.58 Å². The van der Waals surface area contributed by atoms with Crippen molar-refractivity contribution >= 4 is 15.7 Å². The normalized spacial score (nSPS) is 9.00. The van der Waals surface area contributed by atoms with Gasteiger partial charge in [-0.15, -0.1) is 0 Å². The van der Waals surface area contributed by atoms with Crippen LogP contribution in [0.3, 0.4) is 0 Å². The fourth-order valence-corrected chi connectivity index (χ4v) is 0.874. The van der Waals surface area contributed by atoms with E-state index >= 15 is 0 Å². The Morgan fingerprint density at radius 3 is 2.90 bits per heavy atom. The first kappa shape index (κ1) is 9.39. The van der Waals surface area contributed by atoms with E-state index < -0.39 is 0 Å². The molecule has 0 unspecified atom stereocenters. The van der Waals surface area contributed by atoms with Gasteiger partial charge in [-0.2, -0.15) is 0 Å². The Hall–Kier alpha value is -0.613. The minimum atomic E-state index is -0.0652. The lowest BCUT2D eigenvalue weighted by atomic mass is 10.5. The zero-order valence-electron chi connectivity index (χ0n) is 6.26. The summed E-state index contributed by atoms with van der Waals surface area (Å²) in [6.45, 7) is 3.36. The molecular weight excluding hydrogens is 146 g/mol. The quantitative estimate of drug-likeness (QED) is 0.420. The summed E-state index contributed by atoms with van der Waals surface area (Å²) in [5, 5.41) is 0. The van der Waals surface area contributed by atoms with Crippen molar-refractivity contribution in [2.24, 2.45) is 0 Å². The molecule has 0 aliphatic rings. The van der Waals surface area contributed by atoms with Gasteiger partial charge in [0.2, 0.25) is 5.91 Å². The van der Waals surface area contributed by atoms with Crippen LogP contribution in [-0.2, 0) is 9.22 Å². The fourth-order valence-electron chi connectivity index (χ4n) is 0.395. The SMILES string of the molecule is C=CC(=O)N(C)C[Si]OC. The van der Waals surface area contributed by atoms with Gasteiger partial charge in [-0.25, -0.2) is 0 Å². The Kier molecular flexibility index (Phi) is 4.88. The molecule has 0 heterocycles. The van der Waals surface area contributed by atoms with Gasteiger partial charge in [0, 0.05) is 20.3 Å². The molecule has 0 saturated carbocycles. The van der Waals surface area contributed by atoms with Crippen molar-refractivity contribution in [3.8, 4) is 0 Å². The molecule has 0 bridgehead atoms. The third-order valence-corrected chi connectivity index (χ3v) is 1.89. The second-order valence-electron chi connectivity index (χ2n) is 1.75. The molecular formula is C6H11NO2Si. The van der Waals surface area contributed by atoms with Crippen molar-refractivity contribution in [2.45, 2.75) is 0 Å². The van der Waals surface area contributed by atoms with Gasteiger partial charge in [-0.1, -0.05) is 6.58 Å². The lowest BCUT2D eigenvalue weighted by Crippen LogP contribution is -2.29. The zero-order chi connectivity index (χ0) is 7.98. The number of carbonyl (C=O) groups is 1. The molecule has 1 amide bonds. The third-order valence-electron chi connectivity index (χ3n) is 0.997. The van der Waals surface area contributed by atoms with Gasteiger partial charge in [-0.3, -0.25) is 4.79 Å². The van der Waals surface area contributed by atoms with Gasteiger partial charge in [0.15, 0.2) is 0 Å². The number of carbonyl (C=O) groups excluding carboxylic acids is 1. The van der Waals surface area contributed by atoms with Gasteiger partial charge in [0.05, 0.1) is 0 Å². The van der Waals surface area contributed by atoms with Crippen LogP contribution >= 0.6 is 0 Å². The second kappa shape index (κ2) is 5.19. The Bertz CT molecular complexity index is 127. The van der Waals surface area contributed by atoms with Gasteiger partial charge in [0.1, 0.15) is 0 Å². The first-order valence-corrected chi connectivity index (χ1v) is 3.97. The molecule has 0 aliphatic heterocycles. The van der Waals surface area contributed by atoms with E-state index in [4.69, 9.17) is 4.43 Å². The molecule has 0 fully saturated rings. The number of rotatable bonds is 4. The molecule has 0 aromatic carbocycles. The number of hydrogen-bond acceptors (Lipinski definition) is 2. The molecule has 0 spiro atoms. The highest BCUT2D eigenvalue weighted by Gasteiger charge is 2.02. The Morgan fingerprint density at radius 2 is 2.50 bits per heavy atom. The monoisotopic (exact) mass is 157 g/mol. The van der Waals surface area contributed by atoms with Crippen LogP contribution in [0.15, 0.2) is 12.7 Å². The first-order valence-electron chi connectivity index (χ1n) is 2.85. The summed E-state index contributed by atoms with van der Waals surface area (Å²) in [6.07, 6.45) is 1.93. The van der Waals surface area contributed by atoms with Crippen molar-refractivity contribution in [3.05, 3.63) is 12.7 Å². The summed E-state index contributed by atoms with van der Waals surface area (Å²) in [6, 6.07) is 0. The third kappa shape index (κ3) is 3.42. The number of likely N-dealkylation sites (N-methyl/N-ethyl adjacent to an activating group) is 1. The second-order valence-corrected chi connectivity index (χ2v) is 2.76. The number of hydrogen-bond donors (Lipinski definition) is 0. The molecule has 2 radical (unpaired) electrons. The molecule has 3 nitrogen and oxygen atoms in total. The minimum absolute atomic E-state index is 0.0652. The van der Waals surface area contributed by atoms with Crippen LogP contribution in [-0.4, -0.2) is 40.9 Å². The highest BCUT2D eigenvalue weighted by atomic mass is 28.2. The summed E-state index contributed by atoms with van der Waals surface area (Å²) in [7, 11) is 3.68. The highest BCUT2D eigenvalue weighted by Crippen LogP contribution is 1.82. The summed E-state index contributed by atoms with van der Waals surface area (Å²) >= 11 is 0. The first-order chi connectivity index (χ1) is 4.72. The van der Waals surface area contributed by atoms with Crippen LogP contribution in [0.5, 0.6) is 0 Å². The molecule has 10 heavy (non-hydrogen) atoms. The van der Waals surface area contributed by atoms with E-state index in [9.17, 15) is 4.79 Å². The molecule has 0 N–H and O–H groups in total. The van der Waals surface area contributed by atoms with Crippen LogP contribution < -0.4 is 0 Å². The Labute approximate surface area is 63.6 Å². The smallest absolute Gasteiger partial charge is 0.250 e. The lowest BCUT2D eigenvalue weighted by Gasteiger charge is -2.12. The molecule has 0 aliphatic carbocycles. The molecule has 56 valence electrons. The van der Waals surface area contributed by atoms with Crippen LogP contribution in [0.2, 0.25) is 0 Å². The molecule has 0 saturated heterocycles. The van der Waals surface area contributed by atoms with Crippen LogP contribution in [0.4, 0.5) is 0 Å². The molecule has 4 heteroatoms.